The maximum absolute atomic E-state index is 12.7. The van der Waals surface area contributed by atoms with Gasteiger partial charge in [-0.05, 0) is 50.7 Å². The average Bonchev–Trinajstić information content (AvgIpc) is 2.80. The molecule has 3 nitrogen and oxygen atoms in total. The molecule has 0 aliphatic heterocycles. The fourth-order valence-electron chi connectivity index (χ4n) is 2.82. The molecule has 0 unspecified atom stereocenters. The molecule has 1 aromatic heterocycles. The van der Waals surface area contributed by atoms with Gasteiger partial charge in [-0.2, -0.15) is 0 Å². The van der Waals surface area contributed by atoms with Crippen LogP contribution in [-0.2, 0) is 13.1 Å². The van der Waals surface area contributed by atoms with Crippen LogP contribution in [0.15, 0.2) is 54.4 Å². The molecule has 0 saturated carbocycles. The van der Waals surface area contributed by atoms with E-state index >= 15 is 0 Å². The van der Waals surface area contributed by atoms with Crippen molar-refractivity contribution in [1.82, 2.24) is 9.13 Å². The summed E-state index contributed by atoms with van der Waals surface area (Å²) in [5.74, 6) is 0. The van der Waals surface area contributed by atoms with E-state index in [4.69, 9.17) is 0 Å². The molecule has 118 valence electrons. The maximum atomic E-state index is 12.7. The normalized spacial score (nSPS) is 10.9. The van der Waals surface area contributed by atoms with E-state index < -0.39 is 0 Å². The summed E-state index contributed by atoms with van der Waals surface area (Å²) in [5.41, 5.74) is 2.23. The summed E-state index contributed by atoms with van der Waals surface area (Å²) in [6.45, 7) is 9.06. The van der Waals surface area contributed by atoms with E-state index in [1.165, 1.54) is 0 Å². The first-order valence-corrected chi connectivity index (χ1v) is 8.19. The largest absolute Gasteiger partial charge is 0.329 e. The van der Waals surface area contributed by atoms with Crippen LogP contribution >= 0.6 is 0 Å². The number of nitrogens with zero attached hydrogens (tertiary/aromatic N) is 2. The van der Waals surface area contributed by atoms with Gasteiger partial charge in [0, 0.05) is 13.1 Å². The highest BCUT2D eigenvalue weighted by atomic mass is 16.1. The second-order valence-corrected chi connectivity index (χ2v) is 5.64. The predicted octanol–water partition coefficient (Wildman–Crippen LogP) is 4.52. The van der Waals surface area contributed by atoms with Gasteiger partial charge in [0.05, 0.1) is 11.0 Å². The SMILES string of the molecule is C=CCCCCn1c(=O)n(CCCCC=C)c2ccccc21. The maximum Gasteiger partial charge on any atom is 0.329 e. The molecule has 0 spiro atoms. The number of aryl methyl sites for hydroxylation is 2. The fraction of sp³-hybridized carbons (Fsp3) is 0.421. The standard InChI is InChI=1S/C19H26N2O/c1-3-5-7-11-15-20-17-13-9-10-14-18(17)21(19(20)22)16-12-8-6-4-2/h3-4,9-10,13-14H,1-2,5-8,11-12,15-16H2. The minimum Gasteiger partial charge on any atom is -0.292 e. The van der Waals surface area contributed by atoms with Crippen LogP contribution in [0.25, 0.3) is 11.0 Å². The van der Waals surface area contributed by atoms with Crippen LogP contribution in [0.3, 0.4) is 0 Å². The summed E-state index contributed by atoms with van der Waals surface area (Å²) < 4.78 is 3.85. The van der Waals surface area contributed by atoms with Crippen molar-refractivity contribution in [2.45, 2.75) is 51.6 Å². The fourth-order valence-corrected chi connectivity index (χ4v) is 2.82. The van der Waals surface area contributed by atoms with Crippen LogP contribution in [0, 0.1) is 0 Å². The average molecular weight is 298 g/mol. The van der Waals surface area contributed by atoms with E-state index in [1.54, 1.807) is 0 Å². The van der Waals surface area contributed by atoms with Gasteiger partial charge >= 0.3 is 5.69 Å². The van der Waals surface area contributed by atoms with Crippen LogP contribution in [-0.4, -0.2) is 9.13 Å². The molecule has 1 aromatic carbocycles. The lowest BCUT2D eigenvalue weighted by atomic mass is 10.2. The van der Waals surface area contributed by atoms with Gasteiger partial charge in [-0.3, -0.25) is 9.13 Å². The van der Waals surface area contributed by atoms with Crippen molar-refractivity contribution >= 4 is 11.0 Å². The summed E-state index contributed by atoms with van der Waals surface area (Å²) in [6.07, 6.45) is 10.1. The van der Waals surface area contributed by atoms with E-state index in [0.29, 0.717) is 0 Å². The number of imidazole rings is 1. The van der Waals surface area contributed by atoms with E-state index in [9.17, 15) is 4.79 Å². The van der Waals surface area contributed by atoms with Crippen LogP contribution in [0.5, 0.6) is 0 Å². The van der Waals surface area contributed by atoms with Crippen molar-refractivity contribution in [1.29, 1.82) is 0 Å². The number of benzene rings is 1. The number of rotatable bonds is 10. The van der Waals surface area contributed by atoms with E-state index in [2.05, 4.69) is 13.2 Å². The van der Waals surface area contributed by atoms with Crippen molar-refractivity contribution in [3.8, 4) is 0 Å². The smallest absolute Gasteiger partial charge is 0.292 e. The number of aromatic nitrogens is 2. The third kappa shape index (κ3) is 3.79. The lowest BCUT2D eigenvalue weighted by Crippen LogP contribution is -2.24. The highest BCUT2D eigenvalue weighted by Crippen LogP contribution is 2.15. The first-order chi connectivity index (χ1) is 10.8. The van der Waals surface area contributed by atoms with Crippen molar-refractivity contribution in [3.05, 3.63) is 60.1 Å². The molecule has 0 amide bonds. The quantitative estimate of drug-likeness (QED) is 0.468. The summed E-state index contributed by atoms with van der Waals surface area (Å²) in [7, 11) is 0. The van der Waals surface area contributed by atoms with Crippen molar-refractivity contribution in [3.63, 3.8) is 0 Å². The third-order valence-corrected chi connectivity index (χ3v) is 4.01. The van der Waals surface area contributed by atoms with Gasteiger partial charge in [0.15, 0.2) is 0 Å². The Hall–Kier alpha value is -2.03. The molecule has 0 aliphatic rings. The molecule has 2 rings (SSSR count). The molecule has 0 radical (unpaired) electrons. The minimum atomic E-state index is 0.124. The van der Waals surface area contributed by atoms with Crippen LogP contribution in [0.1, 0.15) is 38.5 Å². The van der Waals surface area contributed by atoms with Crippen LogP contribution < -0.4 is 5.69 Å². The van der Waals surface area contributed by atoms with Crippen molar-refractivity contribution in [2.75, 3.05) is 0 Å². The Morgan fingerprint density at radius 3 is 1.68 bits per heavy atom. The molecule has 0 atom stereocenters. The topological polar surface area (TPSA) is 26.9 Å². The van der Waals surface area contributed by atoms with Crippen LogP contribution in [0.4, 0.5) is 0 Å². The molecule has 0 N–H and O–H groups in total. The summed E-state index contributed by atoms with van der Waals surface area (Å²) >= 11 is 0. The van der Waals surface area contributed by atoms with E-state index in [1.807, 2.05) is 45.6 Å². The molecular weight excluding hydrogens is 272 g/mol. The van der Waals surface area contributed by atoms with Gasteiger partial charge < -0.3 is 0 Å². The molecule has 0 bridgehead atoms. The Labute approximate surface area is 132 Å². The highest BCUT2D eigenvalue weighted by Gasteiger charge is 2.11. The minimum absolute atomic E-state index is 0.124. The van der Waals surface area contributed by atoms with Crippen LogP contribution in [0.2, 0.25) is 0 Å². The van der Waals surface area contributed by atoms with Gasteiger partial charge in [-0.1, -0.05) is 24.3 Å². The Morgan fingerprint density at radius 2 is 1.27 bits per heavy atom. The summed E-state index contributed by atoms with van der Waals surface area (Å²) in [6, 6.07) is 8.10. The zero-order chi connectivity index (χ0) is 15.8. The number of allylic oxidation sites excluding steroid dienone is 2. The van der Waals surface area contributed by atoms with Gasteiger partial charge in [0.1, 0.15) is 0 Å². The number of para-hydroxylation sites is 2. The first kappa shape index (κ1) is 16.3. The molecular formula is C19H26N2O. The monoisotopic (exact) mass is 298 g/mol. The Bertz CT molecular complexity index is 622. The number of hydrogen-bond acceptors (Lipinski definition) is 1. The van der Waals surface area contributed by atoms with Gasteiger partial charge in [0.2, 0.25) is 0 Å². The van der Waals surface area contributed by atoms with E-state index in [-0.39, 0.29) is 5.69 Å². The second kappa shape index (κ2) is 8.42. The molecule has 22 heavy (non-hydrogen) atoms. The van der Waals surface area contributed by atoms with E-state index in [0.717, 1.165) is 62.6 Å². The molecule has 3 heteroatoms. The molecule has 0 aliphatic carbocycles. The van der Waals surface area contributed by atoms with Gasteiger partial charge in [-0.25, -0.2) is 4.79 Å². The highest BCUT2D eigenvalue weighted by molar-refractivity contribution is 5.75. The summed E-state index contributed by atoms with van der Waals surface area (Å²) in [5, 5.41) is 0. The summed E-state index contributed by atoms with van der Waals surface area (Å²) in [4.78, 5) is 12.7. The Kier molecular flexibility index (Phi) is 6.26. The molecule has 0 saturated heterocycles. The number of hydrogen-bond donors (Lipinski definition) is 0. The zero-order valence-electron chi connectivity index (χ0n) is 13.3. The lowest BCUT2D eigenvalue weighted by Gasteiger charge is -2.02. The number of unbranched alkanes of at least 4 members (excludes halogenated alkanes) is 4. The van der Waals surface area contributed by atoms with Gasteiger partial charge in [-0.15, -0.1) is 13.2 Å². The Balaban J connectivity index is 2.20. The molecule has 1 heterocycles. The lowest BCUT2D eigenvalue weighted by molar-refractivity contribution is 0.562. The first-order valence-electron chi connectivity index (χ1n) is 8.19. The molecule has 2 aromatic rings. The van der Waals surface area contributed by atoms with Crippen molar-refractivity contribution in [2.24, 2.45) is 0 Å². The second-order valence-electron chi connectivity index (χ2n) is 5.64. The molecule has 0 fully saturated rings. The number of fused-ring (bicyclic) bond motifs is 1. The van der Waals surface area contributed by atoms with Gasteiger partial charge in [0.25, 0.3) is 0 Å². The third-order valence-electron chi connectivity index (χ3n) is 4.01. The zero-order valence-corrected chi connectivity index (χ0v) is 13.3. The Morgan fingerprint density at radius 1 is 0.818 bits per heavy atom. The van der Waals surface area contributed by atoms with Crippen molar-refractivity contribution < 1.29 is 0 Å². The predicted molar refractivity (Wildman–Crippen MR) is 94.3 cm³/mol.